The van der Waals surface area contributed by atoms with Crippen LogP contribution >= 0.6 is 0 Å². The lowest BCUT2D eigenvalue weighted by Gasteiger charge is -2.25. The van der Waals surface area contributed by atoms with E-state index in [4.69, 9.17) is 0 Å². The number of aryl methyl sites for hydroxylation is 1. The molecule has 0 aliphatic heterocycles. The fourth-order valence-electron chi connectivity index (χ4n) is 3.14. The molecular weight excluding hydrogens is 385 g/mol. The summed E-state index contributed by atoms with van der Waals surface area (Å²) < 4.78 is 38.5. The Morgan fingerprint density at radius 1 is 1.28 bits per heavy atom. The highest BCUT2D eigenvalue weighted by atomic mass is 19.4. The molecule has 1 amide bonds. The summed E-state index contributed by atoms with van der Waals surface area (Å²) in [6.45, 7) is 1.13. The van der Waals surface area contributed by atoms with Gasteiger partial charge in [0.2, 0.25) is 0 Å². The highest BCUT2D eigenvalue weighted by molar-refractivity contribution is 5.94. The molecule has 7 nitrogen and oxygen atoms in total. The Labute approximate surface area is 164 Å². The van der Waals surface area contributed by atoms with E-state index in [1.165, 1.54) is 18.5 Å². The summed E-state index contributed by atoms with van der Waals surface area (Å²) in [7, 11) is 0. The lowest BCUT2D eigenvalue weighted by Crippen LogP contribution is -2.33. The van der Waals surface area contributed by atoms with Crippen molar-refractivity contribution < 1.29 is 18.0 Å². The summed E-state index contributed by atoms with van der Waals surface area (Å²) in [4.78, 5) is 22.6. The number of aromatic nitrogens is 4. The van der Waals surface area contributed by atoms with E-state index in [-0.39, 0.29) is 5.56 Å². The van der Waals surface area contributed by atoms with Crippen molar-refractivity contribution in [3.63, 3.8) is 0 Å². The summed E-state index contributed by atoms with van der Waals surface area (Å²) in [6, 6.07) is 8.91. The van der Waals surface area contributed by atoms with Crippen LogP contribution in [0.4, 0.5) is 19.0 Å². The van der Waals surface area contributed by atoms with Crippen LogP contribution in [-0.4, -0.2) is 44.3 Å². The molecule has 0 spiro atoms. The minimum absolute atomic E-state index is 0.189. The number of hydrogen-bond donors (Lipinski definition) is 1. The molecule has 1 aromatic carbocycles. The van der Waals surface area contributed by atoms with Gasteiger partial charge in [0.15, 0.2) is 0 Å². The van der Waals surface area contributed by atoms with Gasteiger partial charge in [-0.1, -0.05) is 12.1 Å². The molecule has 1 N–H and O–H groups in total. The molecule has 1 aliphatic rings. The van der Waals surface area contributed by atoms with Gasteiger partial charge in [0, 0.05) is 29.9 Å². The maximum Gasteiger partial charge on any atom is 0.405 e. The Kier molecular flexibility index (Phi) is 4.85. The van der Waals surface area contributed by atoms with Crippen LogP contribution < -0.4 is 10.2 Å². The second-order valence-electron chi connectivity index (χ2n) is 7.08. The molecule has 1 saturated carbocycles. The Morgan fingerprint density at radius 2 is 2.00 bits per heavy atom. The fourth-order valence-corrected chi connectivity index (χ4v) is 3.14. The number of fused-ring (bicyclic) bond motifs is 1. The fraction of sp³-hybridized carbons (Fsp3) is 0.368. The topological polar surface area (TPSA) is 75.4 Å². The van der Waals surface area contributed by atoms with Gasteiger partial charge in [-0.05, 0) is 37.5 Å². The first-order chi connectivity index (χ1) is 13.8. The smallest absolute Gasteiger partial charge is 0.349 e. The standard InChI is InChI=1S/C19H19F3N6O/c1-12-8-16(28-18(26-12)24-11-25-28)27(15-6-7-15)9-13-2-4-14(5-3-13)17(29)23-10-19(20,21)22/h2-5,8,11,15H,6-7,9-10H2,1H3,(H,23,29). The lowest BCUT2D eigenvalue weighted by atomic mass is 10.1. The first-order valence-corrected chi connectivity index (χ1v) is 9.18. The molecule has 2 aromatic heterocycles. The SMILES string of the molecule is Cc1cc(N(Cc2ccc(C(=O)NCC(F)(F)F)cc2)C2CC2)n2ncnc2n1. The number of nitrogens with zero attached hydrogens (tertiary/aromatic N) is 5. The molecule has 2 heterocycles. The van der Waals surface area contributed by atoms with Crippen molar-refractivity contribution in [1.82, 2.24) is 24.9 Å². The first kappa shape index (κ1) is 19.2. The van der Waals surface area contributed by atoms with Crippen LogP contribution in [0.5, 0.6) is 0 Å². The molecule has 3 aromatic rings. The van der Waals surface area contributed by atoms with Gasteiger partial charge in [-0.15, -0.1) is 0 Å². The molecule has 4 rings (SSSR count). The molecule has 0 radical (unpaired) electrons. The number of nitrogens with one attached hydrogen (secondary N) is 1. The minimum atomic E-state index is -4.43. The summed E-state index contributed by atoms with van der Waals surface area (Å²) in [6.07, 6.45) is -0.842. The van der Waals surface area contributed by atoms with Crippen molar-refractivity contribution in [2.45, 2.75) is 38.5 Å². The predicted octanol–water partition coefficient (Wildman–Crippen LogP) is 2.89. The Bertz CT molecular complexity index is 1030. The number of carbonyl (C=O) groups excluding carboxylic acids is 1. The largest absolute Gasteiger partial charge is 0.405 e. The van der Waals surface area contributed by atoms with Crippen molar-refractivity contribution in [2.75, 3.05) is 11.4 Å². The number of carbonyl (C=O) groups is 1. The van der Waals surface area contributed by atoms with E-state index in [1.54, 1.807) is 16.6 Å². The summed E-state index contributed by atoms with van der Waals surface area (Å²) in [5.41, 5.74) is 1.96. The van der Waals surface area contributed by atoms with Gasteiger partial charge >= 0.3 is 6.18 Å². The Balaban J connectivity index is 1.52. The van der Waals surface area contributed by atoms with E-state index in [1.807, 2.05) is 18.3 Å². The van der Waals surface area contributed by atoms with E-state index < -0.39 is 18.6 Å². The van der Waals surface area contributed by atoms with Crippen molar-refractivity contribution >= 4 is 17.5 Å². The molecule has 1 aliphatic carbocycles. The molecule has 10 heteroatoms. The predicted molar refractivity (Wildman–Crippen MR) is 99.6 cm³/mol. The van der Waals surface area contributed by atoms with Crippen LogP contribution in [0.3, 0.4) is 0 Å². The van der Waals surface area contributed by atoms with Crippen LogP contribution in [0.1, 0.15) is 34.5 Å². The average molecular weight is 404 g/mol. The van der Waals surface area contributed by atoms with Gasteiger partial charge in [0.05, 0.1) is 0 Å². The zero-order valence-corrected chi connectivity index (χ0v) is 15.6. The van der Waals surface area contributed by atoms with Gasteiger partial charge < -0.3 is 10.2 Å². The zero-order chi connectivity index (χ0) is 20.6. The normalized spacial score (nSPS) is 14.2. The third-order valence-electron chi connectivity index (χ3n) is 4.66. The van der Waals surface area contributed by atoms with E-state index in [0.717, 1.165) is 29.9 Å². The Hall–Kier alpha value is -3.17. The minimum Gasteiger partial charge on any atom is -0.349 e. The number of anilines is 1. The van der Waals surface area contributed by atoms with Crippen molar-refractivity contribution in [2.24, 2.45) is 0 Å². The van der Waals surface area contributed by atoms with Gasteiger partial charge in [-0.2, -0.15) is 27.8 Å². The van der Waals surface area contributed by atoms with Crippen LogP contribution in [0.15, 0.2) is 36.7 Å². The monoisotopic (exact) mass is 404 g/mol. The second-order valence-corrected chi connectivity index (χ2v) is 7.08. The molecular formula is C19H19F3N6O. The van der Waals surface area contributed by atoms with Crippen LogP contribution in [0.25, 0.3) is 5.78 Å². The number of alkyl halides is 3. The number of halogens is 3. The third kappa shape index (κ3) is 4.47. The molecule has 1 fully saturated rings. The molecule has 0 saturated heterocycles. The molecule has 29 heavy (non-hydrogen) atoms. The maximum absolute atomic E-state index is 12.3. The van der Waals surface area contributed by atoms with E-state index in [2.05, 4.69) is 20.0 Å². The lowest BCUT2D eigenvalue weighted by molar-refractivity contribution is -0.123. The average Bonchev–Trinajstić information content (AvgIpc) is 3.41. The van der Waals surface area contributed by atoms with Gasteiger partial charge in [0.25, 0.3) is 11.7 Å². The Morgan fingerprint density at radius 3 is 2.66 bits per heavy atom. The van der Waals surface area contributed by atoms with E-state index in [9.17, 15) is 18.0 Å². The summed E-state index contributed by atoms with van der Waals surface area (Å²) in [5, 5.41) is 6.14. The van der Waals surface area contributed by atoms with E-state index >= 15 is 0 Å². The van der Waals surface area contributed by atoms with Crippen molar-refractivity contribution in [1.29, 1.82) is 0 Å². The molecule has 0 atom stereocenters. The van der Waals surface area contributed by atoms with Crippen molar-refractivity contribution in [3.8, 4) is 0 Å². The number of hydrogen-bond acceptors (Lipinski definition) is 5. The van der Waals surface area contributed by atoms with Gasteiger partial charge in [0.1, 0.15) is 18.7 Å². The van der Waals surface area contributed by atoms with Crippen molar-refractivity contribution in [3.05, 3.63) is 53.5 Å². The highest BCUT2D eigenvalue weighted by Gasteiger charge is 2.31. The van der Waals surface area contributed by atoms with Gasteiger partial charge in [-0.3, -0.25) is 4.79 Å². The van der Waals surface area contributed by atoms with Crippen LogP contribution in [0.2, 0.25) is 0 Å². The second kappa shape index (κ2) is 7.34. The van der Waals surface area contributed by atoms with E-state index in [0.29, 0.717) is 18.4 Å². The zero-order valence-electron chi connectivity index (χ0n) is 15.6. The number of amides is 1. The van der Waals surface area contributed by atoms with Crippen LogP contribution in [0, 0.1) is 6.92 Å². The van der Waals surface area contributed by atoms with Gasteiger partial charge in [-0.25, -0.2) is 4.98 Å². The highest BCUT2D eigenvalue weighted by Crippen LogP contribution is 2.33. The number of rotatable bonds is 6. The molecule has 0 unspecified atom stereocenters. The molecule has 152 valence electrons. The maximum atomic E-state index is 12.3. The number of benzene rings is 1. The molecule has 0 bridgehead atoms. The summed E-state index contributed by atoms with van der Waals surface area (Å²) in [5.74, 6) is 0.670. The third-order valence-corrected chi connectivity index (χ3v) is 4.66. The van der Waals surface area contributed by atoms with Crippen LogP contribution in [-0.2, 0) is 6.54 Å². The quantitative estimate of drug-likeness (QED) is 0.684. The first-order valence-electron chi connectivity index (χ1n) is 9.18. The summed E-state index contributed by atoms with van der Waals surface area (Å²) >= 11 is 0.